The van der Waals surface area contributed by atoms with Gasteiger partial charge in [0.15, 0.2) is 0 Å². The van der Waals surface area contributed by atoms with Crippen LogP contribution in [0.25, 0.3) is 0 Å². The molecule has 0 saturated carbocycles. The highest BCUT2D eigenvalue weighted by Gasteiger charge is 2.10. The van der Waals surface area contributed by atoms with Crippen LogP contribution in [0.4, 0.5) is 4.39 Å². The molecule has 2 aromatic carbocycles. The number of ether oxygens (including phenoxy) is 1. The van der Waals surface area contributed by atoms with Gasteiger partial charge in [-0.15, -0.1) is 0 Å². The standard InChI is InChI=1S/C15H12FNO4/c16-13-6-9(4-5-12(13)15(19)20)8-21-11-3-1-2-10(7-11)14(17)18/h1-7H,8H2,(H2,17,18)(H,19,20). The largest absolute Gasteiger partial charge is 0.489 e. The van der Waals surface area contributed by atoms with Crippen molar-refractivity contribution in [1.82, 2.24) is 0 Å². The van der Waals surface area contributed by atoms with Crippen molar-refractivity contribution >= 4 is 11.9 Å². The summed E-state index contributed by atoms with van der Waals surface area (Å²) in [5.74, 6) is -2.31. The number of nitrogens with two attached hydrogens (primary N) is 1. The molecule has 0 atom stereocenters. The molecular weight excluding hydrogens is 277 g/mol. The first-order valence-electron chi connectivity index (χ1n) is 6.02. The van der Waals surface area contributed by atoms with Gasteiger partial charge in [-0.2, -0.15) is 0 Å². The number of aromatic carboxylic acids is 1. The summed E-state index contributed by atoms with van der Waals surface area (Å²) in [6.45, 7) is 0.0407. The van der Waals surface area contributed by atoms with Gasteiger partial charge >= 0.3 is 5.97 Å². The van der Waals surface area contributed by atoms with Crippen molar-refractivity contribution in [1.29, 1.82) is 0 Å². The maximum Gasteiger partial charge on any atom is 0.338 e. The van der Waals surface area contributed by atoms with Gasteiger partial charge in [0, 0.05) is 5.56 Å². The predicted octanol–water partition coefficient (Wildman–Crippen LogP) is 2.20. The van der Waals surface area contributed by atoms with Crippen molar-refractivity contribution in [2.45, 2.75) is 6.61 Å². The van der Waals surface area contributed by atoms with Crippen LogP contribution in [0.5, 0.6) is 5.75 Å². The van der Waals surface area contributed by atoms with E-state index in [1.807, 2.05) is 0 Å². The molecule has 108 valence electrons. The van der Waals surface area contributed by atoms with E-state index < -0.39 is 23.3 Å². The molecule has 0 aliphatic rings. The molecule has 3 N–H and O–H groups in total. The Morgan fingerprint density at radius 3 is 2.57 bits per heavy atom. The van der Waals surface area contributed by atoms with E-state index in [0.29, 0.717) is 16.9 Å². The Morgan fingerprint density at radius 1 is 1.19 bits per heavy atom. The van der Waals surface area contributed by atoms with Crippen LogP contribution in [0.1, 0.15) is 26.3 Å². The van der Waals surface area contributed by atoms with Gasteiger partial charge < -0.3 is 15.6 Å². The van der Waals surface area contributed by atoms with Crippen LogP contribution < -0.4 is 10.5 Å². The Bertz CT molecular complexity index is 700. The Kier molecular flexibility index (Phi) is 4.18. The first kappa shape index (κ1) is 14.5. The van der Waals surface area contributed by atoms with Crippen molar-refractivity contribution in [3.8, 4) is 5.75 Å². The van der Waals surface area contributed by atoms with Crippen molar-refractivity contribution in [3.05, 3.63) is 65.0 Å². The molecule has 0 aliphatic carbocycles. The number of amides is 1. The van der Waals surface area contributed by atoms with Crippen LogP contribution in [-0.2, 0) is 6.61 Å². The molecule has 6 heteroatoms. The van der Waals surface area contributed by atoms with E-state index in [1.54, 1.807) is 18.2 Å². The van der Waals surface area contributed by atoms with Gasteiger partial charge in [0.2, 0.25) is 5.91 Å². The quantitative estimate of drug-likeness (QED) is 0.883. The molecule has 1 amide bonds. The topological polar surface area (TPSA) is 89.6 Å². The van der Waals surface area contributed by atoms with E-state index in [4.69, 9.17) is 15.6 Å². The molecule has 0 spiro atoms. The first-order valence-corrected chi connectivity index (χ1v) is 6.02. The Hall–Kier alpha value is -2.89. The second-order valence-electron chi connectivity index (χ2n) is 4.30. The maximum absolute atomic E-state index is 13.5. The van der Waals surface area contributed by atoms with E-state index in [2.05, 4.69) is 0 Å². The molecule has 0 radical (unpaired) electrons. The minimum atomic E-state index is -1.32. The fourth-order valence-corrected chi connectivity index (χ4v) is 1.73. The van der Waals surface area contributed by atoms with Crippen LogP contribution in [-0.4, -0.2) is 17.0 Å². The van der Waals surface area contributed by atoms with Crippen LogP contribution in [0.2, 0.25) is 0 Å². The third kappa shape index (κ3) is 3.56. The molecule has 2 aromatic rings. The lowest BCUT2D eigenvalue weighted by molar-refractivity contribution is 0.0691. The van der Waals surface area contributed by atoms with Crippen LogP contribution in [0.3, 0.4) is 0 Å². The zero-order valence-electron chi connectivity index (χ0n) is 10.9. The second-order valence-corrected chi connectivity index (χ2v) is 4.30. The number of carbonyl (C=O) groups excluding carboxylic acids is 1. The van der Waals surface area contributed by atoms with E-state index in [-0.39, 0.29) is 6.61 Å². The number of primary amides is 1. The lowest BCUT2D eigenvalue weighted by atomic mass is 10.1. The fraction of sp³-hybridized carbons (Fsp3) is 0.0667. The van der Waals surface area contributed by atoms with Crippen molar-refractivity contribution in [3.63, 3.8) is 0 Å². The third-order valence-electron chi connectivity index (χ3n) is 2.79. The number of carbonyl (C=O) groups is 2. The lowest BCUT2D eigenvalue weighted by Crippen LogP contribution is -2.10. The number of rotatable bonds is 5. The average molecular weight is 289 g/mol. The summed E-state index contributed by atoms with van der Waals surface area (Å²) >= 11 is 0. The van der Waals surface area contributed by atoms with E-state index >= 15 is 0 Å². The number of carboxylic acid groups (broad SMARTS) is 1. The van der Waals surface area contributed by atoms with Gasteiger partial charge in [-0.05, 0) is 35.9 Å². The van der Waals surface area contributed by atoms with Crippen molar-refractivity contribution in [2.75, 3.05) is 0 Å². The van der Waals surface area contributed by atoms with Crippen LogP contribution >= 0.6 is 0 Å². The van der Waals surface area contributed by atoms with Crippen molar-refractivity contribution in [2.24, 2.45) is 5.73 Å². The maximum atomic E-state index is 13.5. The smallest absolute Gasteiger partial charge is 0.338 e. The highest BCUT2D eigenvalue weighted by atomic mass is 19.1. The highest BCUT2D eigenvalue weighted by Crippen LogP contribution is 2.16. The molecule has 0 heterocycles. The van der Waals surface area contributed by atoms with Gasteiger partial charge in [0.1, 0.15) is 18.2 Å². The highest BCUT2D eigenvalue weighted by molar-refractivity contribution is 5.93. The molecule has 0 unspecified atom stereocenters. The third-order valence-corrected chi connectivity index (χ3v) is 2.79. The molecule has 0 aromatic heterocycles. The minimum Gasteiger partial charge on any atom is -0.489 e. The number of halogens is 1. The molecule has 0 saturated heterocycles. The summed E-state index contributed by atoms with van der Waals surface area (Å²) in [6, 6.07) is 10.0. The molecule has 0 fully saturated rings. The Labute approximate surface area is 119 Å². The second kappa shape index (κ2) is 6.04. The first-order chi connectivity index (χ1) is 9.97. The zero-order valence-corrected chi connectivity index (χ0v) is 10.9. The molecule has 0 aliphatic heterocycles. The van der Waals surface area contributed by atoms with Gasteiger partial charge in [-0.25, -0.2) is 9.18 Å². The number of carboxylic acids is 1. The zero-order chi connectivity index (χ0) is 15.4. The number of benzene rings is 2. The van der Waals surface area contributed by atoms with Gasteiger partial charge in [0.25, 0.3) is 0 Å². The fourth-order valence-electron chi connectivity index (χ4n) is 1.73. The van der Waals surface area contributed by atoms with Crippen LogP contribution in [0.15, 0.2) is 42.5 Å². The van der Waals surface area contributed by atoms with Gasteiger partial charge in [-0.1, -0.05) is 12.1 Å². The monoisotopic (exact) mass is 289 g/mol. The van der Waals surface area contributed by atoms with Gasteiger partial charge in [-0.3, -0.25) is 4.79 Å². The molecule has 5 nitrogen and oxygen atoms in total. The lowest BCUT2D eigenvalue weighted by Gasteiger charge is -2.08. The SMILES string of the molecule is NC(=O)c1cccc(OCc2ccc(C(=O)O)c(F)c2)c1. The van der Waals surface area contributed by atoms with Crippen molar-refractivity contribution < 1.29 is 23.8 Å². The Balaban J connectivity index is 2.10. The summed E-state index contributed by atoms with van der Waals surface area (Å²) in [6.07, 6.45) is 0. The minimum absolute atomic E-state index is 0.0407. The summed E-state index contributed by atoms with van der Waals surface area (Å²) in [5, 5.41) is 8.73. The number of hydrogen-bond donors (Lipinski definition) is 2. The molecular formula is C15H12FNO4. The Morgan fingerprint density at radius 2 is 1.95 bits per heavy atom. The summed E-state index contributed by atoms with van der Waals surface area (Å²) in [7, 11) is 0. The molecule has 2 rings (SSSR count). The van der Waals surface area contributed by atoms with E-state index in [9.17, 15) is 14.0 Å². The molecule has 21 heavy (non-hydrogen) atoms. The average Bonchev–Trinajstić information content (AvgIpc) is 2.45. The summed E-state index contributed by atoms with van der Waals surface area (Å²) in [4.78, 5) is 21.7. The van der Waals surface area contributed by atoms with Gasteiger partial charge in [0.05, 0.1) is 5.56 Å². The summed E-state index contributed by atoms with van der Waals surface area (Å²) < 4.78 is 18.9. The normalized spacial score (nSPS) is 10.1. The van der Waals surface area contributed by atoms with E-state index in [0.717, 1.165) is 6.07 Å². The summed E-state index contributed by atoms with van der Waals surface area (Å²) in [5.41, 5.74) is 5.54. The number of hydrogen-bond acceptors (Lipinski definition) is 3. The predicted molar refractivity (Wildman–Crippen MR) is 72.7 cm³/mol. The molecule has 0 bridgehead atoms. The van der Waals surface area contributed by atoms with Crippen LogP contribution in [0, 0.1) is 5.82 Å². The van der Waals surface area contributed by atoms with E-state index in [1.165, 1.54) is 18.2 Å².